The molecule has 0 bridgehead atoms. The maximum absolute atomic E-state index is 12.3. The van der Waals surface area contributed by atoms with E-state index in [1.165, 1.54) is 11.3 Å². The number of hydrogen-bond acceptors (Lipinski definition) is 2. The second kappa shape index (κ2) is 4.24. The van der Waals surface area contributed by atoms with Crippen LogP contribution in [0.25, 0.3) is 0 Å². The fourth-order valence-corrected chi connectivity index (χ4v) is 3.34. The van der Waals surface area contributed by atoms with Gasteiger partial charge in [0.15, 0.2) is 0 Å². The van der Waals surface area contributed by atoms with Crippen LogP contribution in [0.3, 0.4) is 0 Å². The number of carbonyl (C=O) groups is 2. The lowest BCUT2D eigenvalue weighted by molar-refractivity contribution is -0.132. The maximum atomic E-state index is 12.3. The number of rotatable bonds is 1. The first-order chi connectivity index (χ1) is 8.27. The van der Waals surface area contributed by atoms with Crippen LogP contribution in [0.1, 0.15) is 51.4 Å². The van der Waals surface area contributed by atoms with Gasteiger partial charge in [-0.25, -0.2) is 9.79 Å². The van der Waals surface area contributed by atoms with Gasteiger partial charge in [-0.05, 0) is 32.1 Å². The maximum Gasteiger partial charge on any atom is 0.350 e. The lowest BCUT2D eigenvalue weighted by Crippen LogP contribution is -2.50. The fraction of sp³-hybridized carbons (Fsp3) is 0.769. The van der Waals surface area contributed by atoms with Gasteiger partial charge in [-0.15, -0.1) is 0 Å². The minimum atomic E-state index is -0.296. The van der Waals surface area contributed by atoms with Crippen molar-refractivity contribution in [2.24, 2.45) is 10.9 Å². The Hall–Kier alpha value is -1.19. The second-order valence-corrected chi connectivity index (χ2v) is 5.33. The van der Waals surface area contributed by atoms with Gasteiger partial charge in [0.05, 0.1) is 5.92 Å². The van der Waals surface area contributed by atoms with Crippen LogP contribution in [-0.2, 0) is 4.79 Å². The fourth-order valence-electron chi connectivity index (χ4n) is 3.34. The van der Waals surface area contributed by atoms with Crippen molar-refractivity contribution in [3.05, 3.63) is 0 Å². The number of hydrogen-bond donors (Lipinski definition) is 0. The molecule has 3 aliphatic rings. The predicted octanol–water partition coefficient (Wildman–Crippen LogP) is 2.52. The summed E-state index contributed by atoms with van der Waals surface area (Å²) in [6.45, 7) is 0. The highest BCUT2D eigenvalue weighted by atomic mass is 16.2. The van der Waals surface area contributed by atoms with Gasteiger partial charge in [0.25, 0.3) is 0 Å². The molecule has 0 aromatic heterocycles. The van der Waals surface area contributed by atoms with Crippen LogP contribution < -0.4 is 0 Å². The third-order valence-corrected chi connectivity index (χ3v) is 4.25. The molecular weight excluding hydrogens is 216 g/mol. The van der Waals surface area contributed by atoms with Crippen molar-refractivity contribution in [1.82, 2.24) is 4.90 Å². The highest BCUT2D eigenvalue weighted by Crippen LogP contribution is 2.32. The number of amides is 3. The molecule has 2 fully saturated rings. The van der Waals surface area contributed by atoms with Crippen LogP contribution in [0.2, 0.25) is 0 Å². The van der Waals surface area contributed by atoms with Crippen molar-refractivity contribution in [2.75, 3.05) is 0 Å². The summed E-state index contributed by atoms with van der Waals surface area (Å²) in [6.07, 6.45) is 8.14. The second-order valence-electron chi connectivity index (χ2n) is 5.33. The Balaban J connectivity index is 1.85. The van der Waals surface area contributed by atoms with Gasteiger partial charge in [-0.2, -0.15) is 0 Å². The molecule has 4 nitrogen and oxygen atoms in total. The van der Waals surface area contributed by atoms with E-state index in [1.807, 2.05) is 0 Å². The SMILES string of the molecule is O=C1N=C2CCCC2C(=O)N1C1CCCCC1. The summed E-state index contributed by atoms with van der Waals surface area (Å²) in [7, 11) is 0. The van der Waals surface area contributed by atoms with E-state index < -0.39 is 0 Å². The molecule has 0 spiro atoms. The topological polar surface area (TPSA) is 49.7 Å². The molecule has 3 rings (SSSR count). The summed E-state index contributed by atoms with van der Waals surface area (Å²) in [5.74, 6) is -0.0426. The Bertz CT molecular complexity index is 383. The Morgan fingerprint density at radius 3 is 2.53 bits per heavy atom. The van der Waals surface area contributed by atoms with Crippen LogP contribution in [0, 0.1) is 5.92 Å². The Labute approximate surface area is 101 Å². The minimum Gasteiger partial charge on any atom is -0.274 e. The molecule has 0 radical (unpaired) electrons. The smallest absolute Gasteiger partial charge is 0.274 e. The Morgan fingerprint density at radius 2 is 1.76 bits per heavy atom. The zero-order chi connectivity index (χ0) is 11.8. The molecule has 1 unspecified atom stereocenters. The van der Waals surface area contributed by atoms with E-state index in [9.17, 15) is 9.59 Å². The number of urea groups is 1. The number of nitrogens with zero attached hydrogens (tertiary/aromatic N) is 2. The van der Waals surface area contributed by atoms with Crippen molar-refractivity contribution >= 4 is 17.6 Å². The van der Waals surface area contributed by atoms with Crippen molar-refractivity contribution in [3.63, 3.8) is 0 Å². The molecule has 1 aliphatic heterocycles. The van der Waals surface area contributed by atoms with E-state index in [4.69, 9.17) is 0 Å². The van der Waals surface area contributed by atoms with Crippen LogP contribution in [-0.4, -0.2) is 28.6 Å². The van der Waals surface area contributed by atoms with Gasteiger partial charge in [-0.3, -0.25) is 9.69 Å². The van der Waals surface area contributed by atoms with Crippen molar-refractivity contribution in [1.29, 1.82) is 0 Å². The molecule has 0 aromatic rings. The molecule has 2 saturated carbocycles. The molecule has 17 heavy (non-hydrogen) atoms. The Morgan fingerprint density at radius 1 is 1.00 bits per heavy atom. The summed E-state index contributed by atoms with van der Waals surface area (Å²) in [5.41, 5.74) is 0.840. The van der Waals surface area contributed by atoms with E-state index in [-0.39, 0.29) is 23.9 Å². The Kier molecular flexibility index (Phi) is 2.73. The van der Waals surface area contributed by atoms with Crippen LogP contribution in [0.5, 0.6) is 0 Å². The molecule has 2 aliphatic carbocycles. The van der Waals surface area contributed by atoms with E-state index in [0.29, 0.717) is 0 Å². The van der Waals surface area contributed by atoms with Gasteiger partial charge in [-0.1, -0.05) is 19.3 Å². The third kappa shape index (κ3) is 1.79. The monoisotopic (exact) mass is 234 g/mol. The van der Waals surface area contributed by atoms with Crippen LogP contribution >= 0.6 is 0 Å². The largest absolute Gasteiger partial charge is 0.350 e. The van der Waals surface area contributed by atoms with Crippen LogP contribution in [0.15, 0.2) is 4.99 Å². The first kappa shape index (κ1) is 10.9. The number of carbonyl (C=O) groups excluding carboxylic acids is 2. The van der Waals surface area contributed by atoms with E-state index in [1.54, 1.807) is 0 Å². The molecule has 92 valence electrons. The summed E-state index contributed by atoms with van der Waals surface area (Å²) in [5, 5.41) is 0. The van der Waals surface area contributed by atoms with Crippen molar-refractivity contribution in [3.8, 4) is 0 Å². The predicted molar refractivity (Wildman–Crippen MR) is 63.9 cm³/mol. The third-order valence-electron chi connectivity index (χ3n) is 4.25. The first-order valence-corrected chi connectivity index (χ1v) is 6.72. The summed E-state index contributed by atoms with van der Waals surface area (Å²) in [6, 6.07) is -0.176. The van der Waals surface area contributed by atoms with Gasteiger partial charge < -0.3 is 0 Å². The average Bonchev–Trinajstić information content (AvgIpc) is 2.78. The van der Waals surface area contributed by atoms with E-state index in [0.717, 1.165) is 50.7 Å². The van der Waals surface area contributed by atoms with Gasteiger partial charge >= 0.3 is 6.03 Å². The van der Waals surface area contributed by atoms with Gasteiger partial charge in [0.1, 0.15) is 0 Å². The molecule has 4 heteroatoms. The first-order valence-electron chi connectivity index (χ1n) is 6.72. The minimum absolute atomic E-state index is 0.0319. The van der Waals surface area contributed by atoms with Gasteiger partial charge in [0, 0.05) is 11.8 Å². The van der Waals surface area contributed by atoms with Crippen molar-refractivity contribution in [2.45, 2.75) is 57.4 Å². The molecule has 0 aromatic carbocycles. The highest BCUT2D eigenvalue weighted by molar-refractivity contribution is 6.17. The molecule has 0 saturated heterocycles. The van der Waals surface area contributed by atoms with Gasteiger partial charge in [0.2, 0.25) is 5.91 Å². The average molecular weight is 234 g/mol. The number of aliphatic imine (C=N–C) groups is 1. The lowest BCUT2D eigenvalue weighted by Gasteiger charge is -2.35. The molecule has 0 N–H and O–H groups in total. The van der Waals surface area contributed by atoms with E-state index in [2.05, 4.69) is 4.99 Å². The zero-order valence-corrected chi connectivity index (χ0v) is 10.0. The lowest BCUT2D eigenvalue weighted by atomic mass is 9.92. The summed E-state index contributed by atoms with van der Waals surface area (Å²) in [4.78, 5) is 29.9. The summed E-state index contributed by atoms with van der Waals surface area (Å²) >= 11 is 0. The quantitative estimate of drug-likeness (QED) is 0.700. The van der Waals surface area contributed by atoms with E-state index >= 15 is 0 Å². The number of fused-ring (bicyclic) bond motifs is 1. The molecule has 1 heterocycles. The molecule has 1 atom stereocenters. The molecular formula is C13H18N2O2. The van der Waals surface area contributed by atoms with Crippen molar-refractivity contribution < 1.29 is 9.59 Å². The standard InChI is InChI=1S/C13H18N2O2/c16-12-10-7-4-8-11(10)14-13(17)15(12)9-5-2-1-3-6-9/h9-10H,1-8H2. The highest BCUT2D eigenvalue weighted by Gasteiger charge is 2.42. The van der Waals surface area contributed by atoms with Crippen LogP contribution in [0.4, 0.5) is 4.79 Å². The normalized spacial score (nSPS) is 30.5. The zero-order valence-electron chi connectivity index (χ0n) is 10.0. The number of imide groups is 1. The molecule has 3 amide bonds. The summed E-state index contributed by atoms with van der Waals surface area (Å²) < 4.78 is 0.